The summed E-state index contributed by atoms with van der Waals surface area (Å²) in [6.45, 7) is 4.38. The van der Waals surface area contributed by atoms with Crippen molar-refractivity contribution in [3.63, 3.8) is 0 Å². The molecule has 0 spiro atoms. The maximum absolute atomic E-state index is 10.3. The summed E-state index contributed by atoms with van der Waals surface area (Å²) < 4.78 is 0. The molecule has 0 amide bonds. The molecule has 4 heterocycles. The van der Waals surface area contributed by atoms with Gasteiger partial charge in [-0.15, -0.1) is 0 Å². The van der Waals surface area contributed by atoms with Gasteiger partial charge in [-0.05, 0) is 43.7 Å². The van der Waals surface area contributed by atoms with Crippen LogP contribution in [0.15, 0.2) is 24.3 Å². The molecule has 1 saturated carbocycles. The highest BCUT2D eigenvalue weighted by atomic mass is 16.3. The molecule has 2 N–H and O–H groups in total. The second-order valence-corrected chi connectivity index (χ2v) is 7.65. The Bertz CT molecular complexity index is 719. The Labute approximate surface area is 131 Å². The predicted octanol–water partition coefficient (Wildman–Crippen LogP) is 2.90. The summed E-state index contributed by atoms with van der Waals surface area (Å²) in [5.41, 5.74) is 4.31. The molecular weight excluding hydrogens is 272 g/mol. The van der Waals surface area contributed by atoms with Crippen LogP contribution in [0.3, 0.4) is 0 Å². The number of hydrogen-bond donors (Lipinski definition) is 2. The molecule has 3 aliphatic heterocycles. The molecule has 4 bridgehead atoms. The summed E-state index contributed by atoms with van der Waals surface area (Å²) >= 11 is 0. The summed E-state index contributed by atoms with van der Waals surface area (Å²) in [5, 5.41) is 11.7. The minimum Gasteiger partial charge on any atom is -0.393 e. The highest BCUT2D eigenvalue weighted by molar-refractivity contribution is 5.85. The van der Waals surface area contributed by atoms with Crippen LogP contribution in [0.25, 0.3) is 10.9 Å². The van der Waals surface area contributed by atoms with Crippen LogP contribution in [0, 0.1) is 11.8 Å². The van der Waals surface area contributed by atoms with Crippen LogP contribution in [-0.2, 0) is 6.42 Å². The molecule has 1 aromatic heterocycles. The van der Waals surface area contributed by atoms with E-state index in [0.717, 1.165) is 18.9 Å². The Morgan fingerprint density at radius 1 is 1.27 bits per heavy atom. The molecule has 3 heteroatoms. The number of aromatic nitrogens is 1. The van der Waals surface area contributed by atoms with Crippen molar-refractivity contribution in [1.29, 1.82) is 0 Å². The summed E-state index contributed by atoms with van der Waals surface area (Å²) in [6.07, 6.45) is 3.46. The molecule has 3 unspecified atom stereocenters. The smallest absolute Gasteiger partial charge is 0.0555 e. The van der Waals surface area contributed by atoms with Crippen LogP contribution in [-0.4, -0.2) is 40.2 Å². The van der Waals surface area contributed by atoms with E-state index in [1.54, 1.807) is 5.56 Å². The molecule has 2 saturated heterocycles. The average Bonchev–Trinajstić information content (AvgIpc) is 2.86. The highest BCUT2D eigenvalue weighted by Crippen LogP contribution is 2.50. The lowest BCUT2D eigenvalue weighted by Crippen LogP contribution is -2.58. The van der Waals surface area contributed by atoms with Gasteiger partial charge in [0.15, 0.2) is 0 Å². The topological polar surface area (TPSA) is 39.3 Å². The SMILES string of the molecule is C[C@@H](O)[C@H]1C[C@H]2CC3c4[nH]c5ccccc5c4CCN(C2)C31. The van der Waals surface area contributed by atoms with Gasteiger partial charge in [-0.2, -0.15) is 0 Å². The number of nitrogens with one attached hydrogen (secondary N) is 1. The van der Waals surface area contributed by atoms with E-state index in [4.69, 9.17) is 0 Å². The van der Waals surface area contributed by atoms with E-state index in [2.05, 4.69) is 34.1 Å². The molecule has 6 atom stereocenters. The third-order valence-electron chi connectivity index (χ3n) is 6.44. The van der Waals surface area contributed by atoms with Crippen LogP contribution < -0.4 is 0 Å². The lowest BCUT2D eigenvalue weighted by Gasteiger charge is -2.54. The third-order valence-corrected chi connectivity index (χ3v) is 6.44. The maximum Gasteiger partial charge on any atom is 0.0555 e. The number of para-hydroxylation sites is 1. The zero-order chi connectivity index (χ0) is 14.8. The van der Waals surface area contributed by atoms with Crippen molar-refractivity contribution in [2.75, 3.05) is 13.1 Å². The minimum atomic E-state index is -0.191. The molecule has 22 heavy (non-hydrogen) atoms. The Kier molecular flexibility index (Phi) is 2.74. The van der Waals surface area contributed by atoms with Gasteiger partial charge >= 0.3 is 0 Å². The van der Waals surface area contributed by atoms with Gasteiger partial charge in [-0.1, -0.05) is 18.2 Å². The lowest BCUT2D eigenvalue weighted by molar-refractivity contribution is -0.0580. The van der Waals surface area contributed by atoms with E-state index in [0.29, 0.717) is 17.9 Å². The molecule has 0 radical (unpaired) electrons. The lowest BCUT2D eigenvalue weighted by atomic mass is 9.64. The fourth-order valence-corrected chi connectivity index (χ4v) is 5.62. The average molecular weight is 296 g/mol. The van der Waals surface area contributed by atoms with Gasteiger partial charge in [0, 0.05) is 47.6 Å². The molecule has 4 aliphatic rings. The molecule has 2 aromatic rings. The summed E-state index contributed by atoms with van der Waals surface area (Å²) in [6, 6.07) is 9.27. The van der Waals surface area contributed by atoms with Crippen LogP contribution >= 0.6 is 0 Å². The second kappa shape index (κ2) is 4.59. The first-order chi connectivity index (χ1) is 10.7. The quantitative estimate of drug-likeness (QED) is 0.849. The van der Waals surface area contributed by atoms with E-state index in [1.165, 1.54) is 36.0 Å². The van der Waals surface area contributed by atoms with E-state index < -0.39 is 0 Å². The standard InChI is InChI=1S/C19H24N2O/c1-11(22)15-8-12-9-16-18-14(6-7-21(10-12)19(15)16)13-4-2-3-5-17(13)20-18/h2-5,11-12,15-16,19-20,22H,6-10H2,1H3/t11-,12+,15-,16?,19?/m1/s1. The van der Waals surface area contributed by atoms with Crippen molar-refractivity contribution in [3.8, 4) is 0 Å². The van der Waals surface area contributed by atoms with Crippen molar-refractivity contribution in [1.82, 2.24) is 9.88 Å². The fraction of sp³-hybridized carbons (Fsp3) is 0.579. The monoisotopic (exact) mass is 296 g/mol. The number of piperidine rings is 2. The molecule has 6 rings (SSSR count). The van der Waals surface area contributed by atoms with Gasteiger partial charge in [0.05, 0.1) is 6.10 Å². The van der Waals surface area contributed by atoms with E-state index in [1.807, 2.05) is 6.92 Å². The highest BCUT2D eigenvalue weighted by Gasteiger charge is 2.50. The zero-order valence-electron chi connectivity index (χ0n) is 13.1. The first-order valence-electron chi connectivity index (χ1n) is 8.74. The van der Waals surface area contributed by atoms with E-state index in [-0.39, 0.29) is 6.10 Å². The van der Waals surface area contributed by atoms with Crippen LogP contribution in [0.2, 0.25) is 0 Å². The number of H-pyrrole nitrogens is 1. The Hall–Kier alpha value is -1.32. The van der Waals surface area contributed by atoms with Gasteiger partial charge in [0.1, 0.15) is 0 Å². The van der Waals surface area contributed by atoms with Gasteiger partial charge in [-0.3, -0.25) is 4.90 Å². The predicted molar refractivity (Wildman–Crippen MR) is 88.0 cm³/mol. The number of benzene rings is 1. The molecule has 3 fully saturated rings. The number of fused-ring (bicyclic) bond motifs is 4. The van der Waals surface area contributed by atoms with Crippen molar-refractivity contribution < 1.29 is 5.11 Å². The van der Waals surface area contributed by atoms with Gasteiger partial charge < -0.3 is 10.1 Å². The number of aromatic amines is 1. The van der Waals surface area contributed by atoms with Gasteiger partial charge in [0.25, 0.3) is 0 Å². The second-order valence-electron chi connectivity index (χ2n) is 7.65. The first kappa shape index (κ1) is 13.1. The van der Waals surface area contributed by atoms with Crippen LogP contribution in [0.5, 0.6) is 0 Å². The molecule has 1 aliphatic carbocycles. The largest absolute Gasteiger partial charge is 0.393 e. The van der Waals surface area contributed by atoms with Crippen molar-refractivity contribution in [3.05, 3.63) is 35.5 Å². The van der Waals surface area contributed by atoms with Gasteiger partial charge in [-0.25, -0.2) is 0 Å². The van der Waals surface area contributed by atoms with Crippen LogP contribution in [0.4, 0.5) is 0 Å². The van der Waals surface area contributed by atoms with Crippen molar-refractivity contribution >= 4 is 10.9 Å². The first-order valence-corrected chi connectivity index (χ1v) is 8.74. The number of rotatable bonds is 1. The third kappa shape index (κ3) is 1.70. The molecular formula is C19H24N2O. The van der Waals surface area contributed by atoms with E-state index in [9.17, 15) is 5.11 Å². The normalized spacial score (nSPS) is 37.8. The number of aliphatic hydroxyl groups excluding tert-OH is 1. The van der Waals surface area contributed by atoms with Crippen LogP contribution in [0.1, 0.15) is 36.9 Å². The van der Waals surface area contributed by atoms with Crippen molar-refractivity contribution in [2.24, 2.45) is 11.8 Å². The van der Waals surface area contributed by atoms with Gasteiger partial charge in [0.2, 0.25) is 0 Å². The molecule has 3 nitrogen and oxygen atoms in total. The Morgan fingerprint density at radius 3 is 3.00 bits per heavy atom. The van der Waals surface area contributed by atoms with E-state index >= 15 is 0 Å². The molecule has 116 valence electrons. The molecule has 1 aromatic carbocycles. The maximum atomic E-state index is 10.3. The number of nitrogens with zero attached hydrogens (tertiary/aromatic N) is 1. The fourth-order valence-electron chi connectivity index (χ4n) is 5.62. The number of aliphatic hydroxyl groups is 1. The summed E-state index contributed by atoms with van der Waals surface area (Å²) in [5.74, 6) is 1.78. The summed E-state index contributed by atoms with van der Waals surface area (Å²) in [7, 11) is 0. The summed E-state index contributed by atoms with van der Waals surface area (Å²) in [4.78, 5) is 6.43. The minimum absolute atomic E-state index is 0.191. The number of hydrogen-bond acceptors (Lipinski definition) is 2. The zero-order valence-corrected chi connectivity index (χ0v) is 13.1. The van der Waals surface area contributed by atoms with Crippen molar-refractivity contribution in [2.45, 2.75) is 44.2 Å². The Morgan fingerprint density at radius 2 is 2.14 bits per heavy atom. The Balaban J connectivity index is 1.67.